The quantitative estimate of drug-likeness (QED) is 0.762. The van der Waals surface area contributed by atoms with Crippen molar-refractivity contribution >= 4 is 11.9 Å². The van der Waals surface area contributed by atoms with Crippen molar-refractivity contribution < 1.29 is 9.53 Å². The first kappa shape index (κ1) is 14.2. The number of carbonyl (C=O) groups excluding carboxylic acids is 1. The Bertz CT molecular complexity index is 384. The molecular weight excluding hydrogens is 232 g/mol. The second kappa shape index (κ2) is 7.47. The van der Waals surface area contributed by atoms with E-state index >= 15 is 0 Å². The van der Waals surface area contributed by atoms with E-state index in [1.807, 2.05) is 13.8 Å². The van der Waals surface area contributed by atoms with Crippen molar-refractivity contribution in [1.82, 2.24) is 15.3 Å². The number of anilines is 1. The van der Waals surface area contributed by atoms with Crippen LogP contribution in [0.25, 0.3) is 0 Å². The zero-order valence-electron chi connectivity index (χ0n) is 11.1. The van der Waals surface area contributed by atoms with E-state index in [-0.39, 0.29) is 11.9 Å². The largest absolute Gasteiger partial charge is 0.481 e. The number of hydrogen-bond acceptors (Lipinski definition) is 5. The highest BCUT2D eigenvalue weighted by Gasteiger charge is 2.05. The predicted octanol–water partition coefficient (Wildman–Crippen LogP) is 1.20. The van der Waals surface area contributed by atoms with Gasteiger partial charge in [0.25, 0.3) is 0 Å². The summed E-state index contributed by atoms with van der Waals surface area (Å²) >= 11 is 0. The summed E-state index contributed by atoms with van der Waals surface area (Å²) in [5, 5.41) is 5.87. The van der Waals surface area contributed by atoms with E-state index in [1.54, 1.807) is 19.4 Å². The lowest BCUT2D eigenvalue weighted by molar-refractivity contribution is -0.121. The van der Waals surface area contributed by atoms with Crippen LogP contribution in [0.5, 0.6) is 5.88 Å². The molecule has 0 radical (unpaired) electrons. The van der Waals surface area contributed by atoms with Crippen molar-refractivity contribution in [2.24, 2.45) is 0 Å². The number of methoxy groups -OCH3 is 1. The van der Waals surface area contributed by atoms with Gasteiger partial charge in [-0.05, 0) is 13.3 Å². The smallest absolute Gasteiger partial charge is 0.225 e. The Kier molecular flexibility index (Phi) is 5.90. The third kappa shape index (κ3) is 4.99. The number of carbonyl (C=O) groups is 1. The molecule has 1 atom stereocenters. The maximum Gasteiger partial charge on any atom is 0.225 e. The average molecular weight is 252 g/mol. The summed E-state index contributed by atoms with van der Waals surface area (Å²) in [5.41, 5.74) is 0. The van der Waals surface area contributed by atoms with Crippen molar-refractivity contribution in [1.29, 1.82) is 0 Å². The highest BCUT2D eigenvalue weighted by molar-refractivity contribution is 5.76. The van der Waals surface area contributed by atoms with E-state index < -0.39 is 0 Å². The lowest BCUT2D eigenvalue weighted by Gasteiger charge is -2.11. The molecule has 0 fully saturated rings. The van der Waals surface area contributed by atoms with Gasteiger partial charge < -0.3 is 15.4 Å². The molecule has 1 unspecified atom stereocenters. The fourth-order valence-electron chi connectivity index (χ4n) is 1.28. The van der Waals surface area contributed by atoms with Crippen molar-refractivity contribution in [2.75, 3.05) is 19.0 Å². The van der Waals surface area contributed by atoms with Gasteiger partial charge in [-0.25, -0.2) is 4.98 Å². The van der Waals surface area contributed by atoms with Crippen LogP contribution in [0.2, 0.25) is 0 Å². The van der Waals surface area contributed by atoms with Gasteiger partial charge >= 0.3 is 0 Å². The van der Waals surface area contributed by atoms with Gasteiger partial charge in [0.05, 0.1) is 7.11 Å². The van der Waals surface area contributed by atoms with E-state index in [0.29, 0.717) is 24.8 Å². The molecule has 1 heterocycles. The molecule has 0 spiro atoms. The fourth-order valence-corrected chi connectivity index (χ4v) is 1.28. The van der Waals surface area contributed by atoms with Crippen molar-refractivity contribution in [3.63, 3.8) is 0 Å². The van der Waals surface area contributed by atoms with E-state index in [9.17, 15) is 4.79 Å². The fraction of sp³-hybridized carbons (Fsp3) is 0.583. The Morgan fingerprint density at radius 3 is 3.00 bits per heavy atom. The standard InChI is InChI=1S/C12H20N4O2/c1-4-9(2)15-10(17)5-7-13-12-14-8-6-11(16-12)18-3/h6,8-9H,4-5,7H2,1-3H3,(H,15,17)(H,13,14,16). The van der Waals surface area contributed by atoms with Gasteiger partial charge in [-0.15, -0.1) is 0 Å². The van der Waals surface area contributed by atoms with Crippen LogP contribution < -0.4 is 15.4 Å². The number of amides is 1. The molecule has 0 saturated heterocycles. The molecule has 1 amide bonds. The van der Waals surface area contributed by atoms with E-state index in [4.69, 9.17) is 4.74 Å². The lowest BCUT2D eigenvalue weighted by Crippen LogP contribution is -2.33. The number of ether oxygens (including phenoxy) is 1. The number of hydrogen-bond donors (Lipinski definition) is 2. The maximum absolute atomic E-state index is 11.5. The number of aromatic nitrogens is 2. The van der Waals surface area contributed by atoms with Gasteiger partial charge in [0.1, 0.15) is 0 Å². The summed E-state index contributed by atoms with van der Waals surface area (Å²) in [7, 11) is 1.55. The molecule has 1 aromatic rings. The summed E-state index contributed by atoms with van der Waals surface area (Å²) in [4.78, 5) is 19.6. The first-order valence-corrected chi connectivity index (χ1v) is 6.06. The van der Waals surface area contributed by atoms with E-state index in [1.165, 1.54) is 0 Å². The zero-order valence-corrected chi connectivity index (χ0v) is 11.1. The van der Waals surface area contributed by atoms with Crippen LogP contribution >= 0.6 is 0 Å². The van der Waals surface area contributed by atoms with Crippen LogP contribution in [0.1, 0.15) is 26.7 Å². The SMILES string of the molecule is CCC(C)NC(=O)CCNc1nccc(OC)n1. The molecule has 0 aliphatic heterocycles. The summed E-state index contributed by atoms with van der Waals surface area (Å²) in [6.45, 7) is 4.51. The molecule has 100 valence electrons. The van der Waals surface area contributed by atoms with E-state index in [0.717, 1.165) is 6.42 Å². The van der Waals surface area contributed by atoms with Crippen molar-refractivity contribution in [3.8, 4) is 5.88 Å². The van der Waals surface area contributed by atoms with Crippen LogP contribution in [0.3, 0.4) is 0 Å². The molecule has 0 bridgehead atoms. The Morgan fingerprint density at radius 2 is 2.33 bits per heavy atom. The minimum Gasteiger partial charge on any atom is -0.481 e. The third-order valence-electron chi connectivity index (χ3n) is 2.49. The van der Waals surface area contributed by atoms with Gasteiger partial charge in [-0.3, -0.25) is 4.79 Å². The Hall–Kier alpha value is -1.85. The highest BCUT2D eigenvalue weighted by Crippen LogP contribution is 2.06. The topological polar surface area (TPSA) is 76.1 Å². The number of nitrogens with zero attached hydrogens (tertiary/aromatic N) is 2. The summed E-state index contributed by atoms with van der Waals surface area (Å²) in [6, 6.07) is 1.88. The average Bonchev–Trinajstić information content (AvgIpc) is 2.38. The van der Waals surface area contributed by atoms with Gasteiger partial charge in [-0.1, -0.05) is 6.92 Å². The number of nitrogens with one attached hydrogen (secondary N) is 2. The summed E-state index contributed by atoms with van der Waals surface area (Å²) < 4.78 is 4.98. The second-order valence-electron chi connectivity index (χ2n) is 3.98. The van der Waals surface area contributed by atoms with Crippen LogP contribution in [-0.2, 0) is 4.79 Å². The predicted molar refractivity (Wildman–Crippen MR) is 69.6 cm³/mol. The molecule has 1 aromatic heterocycles. The van der Waals surface area contributed by atoms with Crippen LogP contribution in [-0.4, -0.2) is 35.6 Å². The Balaban J connectivity index is 2.30. The first-order chi connectivity index (χ1) is 8.65. The van der Waals surface area contributed by atoms with Crippen molar-refractivity contribution in [2.45, 2.75) is 32.7 Å². The molecule has 1 rings (SSSR count). The highest BCUT2D eigenvalue weighted by atomic mass is 16.5. The van der Waals surface area contributed by atoms with Gasteiger partial charge in [-0.2, -0.15) is 4.98 Å². The van der Waals surface area contributed by atoms with Gasteiger partial charge in [0.2, 0.25) is 17.7 Å². The lowest BCUT2D eigenvalue weighted by atomic mass is 10.2. The minimum absolute atomic E-state index is 0.0275. The van der Waals surface area contributed by atoms with Gasteiger partial charge in [0.15, 0.2) is 0 Å². The van der Waals surface area contributed by atoms with Crippen LogP contribution in [0, 0.1) is 0 Å². The molecule has 18 heavy (non-hydrogen) atoms. The molecule has 0 aliphatic rings. The Morgan fingerprint density at radius 1 is 1.56 bits per heavy atom. The minimum atomic E-state index is 0.0275. The normalized spacial score (nSPS) is 11.7. The summed E-state index contributed by atoms with van der Waals surface area (Å²) in [6.07, 6.45) is 2.93. The molecule has 6 heteroatoms. The zero-order chi connectivity index (χ0) is 13.4. The van der Waals surface area contributed by atoms with E-state index in [2.05, 4.69) is 20.6 Å². The monoisotopic (exact) mass is 252 g/mol. The second-order valence-corrected chi connectivity index (χ2v) is 3.98. The first-order valence-electron chi connectivity index (χ1n) is 6.06. The summed E-state index contributed by atoms with van der Waals surface area (Å²) in [5.74, 6) is 0.988. The Labute approximate surface area is 107 Å². The van der Waals surface area contributed by atoms with Crippen LogP contribution in [0.15, 0.2) is 12.3 Å². The molecule has 0 aliphatic carbocycles. The number of rotatable bonds is 7. The molecule has 0 saturated carbocycles. The molecule has 2 N–H and O–H groups in total. The molecular formula is C12H20N4O2. The van der Waals surface area contributed by atoms with Crippen molar-refractivity contribution in [3.05, 3.63) is 12.3 Å². The van der Waals surface area contributed by atoms with Crippen LogP contribution in [0.4, 0.5) is 5.95 Å². The molecule has 0 aromatic carbocycles. The van der Waals surface area contributed by atoms with Gasteiger partial charge in [0, 0.05) is 31.3 Å². The maximum atomic E-state index is 11.5. The third-order valence-corrected chi connectivity index (χ3v) is 2.49. The molecule has 6 nitrogen and oxygen atoms in total.